The lowest BCUT2D eigenvalue weighted by Crippen LogP contribution is -2.59. The topological polar surface area (TPSA) is 202 Å². The first-order valence-electron chi connectivity index (χ1n) is 27.1. The quantitative estimate of drug-likeness (QED) is 0.0478. The number of nitrogens with one attached hydrogen (secondary N) is 6. The van der Waals surface area contributed by atoms with Gasteiger partial charge in [-0.2, -0.15) is 4.98 Å². The molecule has 2 saturated heterocycles. The Kier molecular flexibility index (Phi) is 19.8. The summed E-state index contributed by atoms with van der Waals surface area (Å²) in [7, 11) is -0.218. The molecule has 17 nitrogen and oxygen atoms in total. The Morgan fingerprint density at radius 3 is 2.21 bits per heavy atom. The summed E-state index contributed by atoms with van der Waals surface area (Å²) in [5.41, 5.74) is 3.80. The number of aryl methyl sites for hydroxylation is 1. The lowest BCUT2D eigenvalue weighted by atomic mass is 9.85. The zero-order valence-corrected chi connectivity index (χ0v) is 47.8. The number of benzene rings is 3. The Morgan fingerprint density at radius 1 is 0.882 bits per heavy atom. The highest BCUT2D eigenvalue weighted by Gasteiger charge is 2.46. The van der Waals surface area contributed by atoms with Crippen LogP contribution in [-0.4, -0.2) is 146 Å². The number of carbonyl (C=O) groups is 3. The van der Waals surface area contributed by atoms with E-state index in [4.69, 9.17) is 16.3 Å². The van der Waals surface area contributed by atoms with E-state index >= 15 is 0 Å². The first-order valence-corrected chi connectivity index (χ1v) is 29.1. The summed E-state index contributed by atoms with van der Waals surface area (Å²) in [6, 6.07) is 19.3. The molecular formula is C57H82ClN11O6S. The number of hydrogen-bond acceptors (Lipinski definition) is 14. The second-order valence-corrected chi connectivity index (χ2v) is 25.0. The number of aromatic nitrogens is 2. The summed E-state index contributed by atoms with van der Waals surface area (Å²) >= 11 is 6.52. The molecule has 1 aliphatic carbocycles. The third-order valence-electron chi connectivity index (χ3n) is 15.5. The summed E-state index contributed by atoms with van der Waals surface area (Å²) in [6.45, 7) is 20.4. The minimum Gasteiger partial charge on any atom is -0.495 e. The third kappa shape index (κ3) is 14.4. The number of ether oxygens (including phenoxy) is 1. The van der Waals surface area contributed by atoms with Gasteiger partial charge in [-0.25, -0.2) is 13.4 Å². The van der Waals surface area contributed by atoms with Crippen LogP contribution >= 0.6 is 11.6 Å². The number of likely N-dealkylation sites (N-methyl/N-ethyl adjacent to an activating group) is 1. The number of carbonyl (C=O) groups excluding carboxylic acids is 3. The average Bonchev–Trinajstić information content (AvgIpc) is 3.84. The van der Waals surface area contributed by atoms with Gasteiger partial charge in [-0.05, 0) is 126 Å². The first-order chi connectivity index (χ1) is 36.2. The second-order valence-electron chi connectivity index (χ2n) is 22.1. The molecule has 414 valence electrons. The van der Waals surface area contributed by atoms with Gasteiger partial charge in [-0.15, -0.1) is 0 Å². The molecule has 0 unspecified atom stereocenters. The molecule has 0 spiro atoms. The summed E-state index contributed by atoms with van der Waals surface area (Å²) in [4.78, 5) is 58.2. The van der Waals surface area contributed by atoms with Gasteiger partial charge in [0.05, 0.1) is 46.9 Å². The molecule has 5 atom stereocenters. The Balaban J connectivity index is 0.912. The molecule has 1 saturated carbocycles. The molecule has 3 aromatic carbocycles. The fraction of sp³-hybridized carbons (Fsp3) is 0.561. The fourth-order valence-corrected chi connectivity index (χ4v) is 12.0. The van der Waals surface area contributed by atoms with E-state index < -0.39 is 38.6 Å². The van der Waals surface area contributed by atoms with Gasteiger partial charge < -0.3 is 46.4 Å². The maximum atomic E-state index is 14.6. The molecule has 3 amide bonds. The molecule has 6 N–H and O–H groups in total. The van der Waals surface area contributed by atoms with E-state index in [1.54, 1.807) is 64.1 Å². The predicted octanol–water partition coefficient (Wildman–Crippen LogP) is 7.55. The molecule has 1 aromatic heterocycles. The molecule has 3 heterocycles. The van der Waals surface area contributed by atoms with Crippen LogP contribution in [0.25, 0.3) is 0 Å². The monoisotopic (exact) mass is 1080 g/mol. The normalized spacial score (nSPS) is 20.9. The smallest absolute Gasteiger partial charge is 0.246 e. The van der Waals surface area contributed by atoms with E-state index in [2.05, 4.69) is 71.6 Å². The van der Waals surface area contributed by atoms with Crippen molar-refractivity contribution in [3.8, 4) is 5.75 Å². The molecule has 0 bridgehead atoms. The summed E-state index contributed by atoms with van der Waals surface area (Å²) in [5, 5.41) is 19.2. The van der Waals surface area contributed by atoms with E-state index in [0.29, 0.717) is 42.6 Å². The van der Waals surface area contributed by atoms with Crippen molar-refractivity contribution < 1.29 is 27.5 Å². The van der Waals surface area contributed by atoms with Gasteiger partial charge in [-0.3, -0.25) is 19.3 Å². The van der Waals surface area contributed by atoms with Crippen molar-refractivity contribution in [1.29, 1.82) is 0 Å². The zero-order chi connectivity index (χ0) is 54.9. The molecule has 3 aliphatic rings. The van der Waals surface area contributed by atoms with E-state index in [1.165, 1.54) is 11.8 Å². The third-order valence-corrected chi connectivity index (χ3v) is 18.0. The number of methoxy groups -OCH3 is 1. The average molecular weight is 1080 g/mol. The largest absolute Gasteiger partial charge is 0.495 e. The van der Waals surface area contributed by atoms with Crippen LogP contribution in [-0.2, 0) is 30.6 Å². The number of para-hydroxylation sites is 1. The minimum absolute atomic E-state index is 0.0617. The molecular weight excluding hydrogens is 1000 g/mol. The van der Waals surface area contributed by atoms with Crippen molar-refractivity contribution in [1.82, 2.24) is 45.9 Å². The highest BCUT2D eigenvalue weighted by Crippen LogP contribution is 2.35. The Morgan fingerprint density at radius 2 is 1.57 bits per heavy atom. The number of anilines is 4. The number of hydrogen-bond donors (Lipinski definition) is 6. The number of piperazine rings is 1. The number of likely N-dealkylation sites (tertiary alicyclic amines) is 1. The van der Waals surface area contributed by atoms with Gasteiger partial charge in [0.25, 0.3) is 0 Å². The van der Waals surface area contributed by atoms with Crippen molar-refractivity contribution in [2.45, 2.75) is 153 Å². The SMILES string of the molecule is CC[C@@H](NC(=O)[C@@H]1C[C@H](NC2CCC(N3CCN(CCc4cc(OC)c(Nc5ncc(Cl)c(Nc6ccccc6S(=O)(=O)C(C)C)n5)cc4C)CC3)CC2)CN1C(=O)[C@@H](NC(=O)[C@H](C)NC)C(C)(C)C)c1ccccc1. The molecule has 3 fully saturated rings. The van der Waals surface area contributed by atoms with Crippen LogP contribution < -0.4 is 36.6 Å². The van der Waals surface area contributed by atoms with Gasteiger partial charge in [0, 0.05) is 57.4 Å². The second kappa shape index (κ2) is 25.9. The number of rotatable bonds is 21. The summed E-state index contributed by atoms with van der Waals surface area (Å²) < 4.78 is 32.1. The molecule has 4 aromatic rings. The number of halogens is 1. The van der Waals surface area contributed by atoms with E-state index in [1.807, 2.05) is 57.2 Å². The van der Waals surface area contributed by atoms with Crippen molar-refractivity contribution >= 4 is 62.3 Å². The predicted molar refractivity (Wildman–Crippen MR) is 302 cm³/mol. The van der Waals surface area contributed by atoms with Gasteiger partial charge in [-0.1, -0.05) is 81.8 Å². The number of sulfone groups is 1. The molecule has 19 heteroatoms. The van der Waals surface area contributed by atoms with Crippen LogP contribution in [0, 0.1) is 12.3 Å². The highest BCUT2D eigenvalue weighted by molar-refractivity contribution is 7.92. The number of amides is 3. The minimum atomic E-state index is -3.58. The van der Waals surface area contributed by atoms with Crippen molar-refractivity contribution in [3.63, 3.8) is 0 Å². The standard InChI is InChI=1S/C57H82ClN11O6S/c1-11-45(39-17-13-12-14-18-39)63-54(71)48-33-42(35-69(48)55(72)51(57(6,7)8)65-53(70)38(5)59-9)61-41-21-23-43(24-22-41)68-29-27-67(28-30-68)26-25-40-32-49(75-10)47(31-37(40)4)64-56-60-34-44(58)52(66-56)62-46-19-15-16-20-50(46)76(73,74)36(2)3/h12-20,31-32,34,36,38,41-43,45,48,51,59,61H,11,21-30,33,35H2,1-10H3,(H,63,71)(H,65,70)(H2,60,62,64,66)/t38-,41?,42-,43?,45+,48-,51+/m0/s1. The van der Waals surface area contributed by atoms with Crippen LogP contribution in [0.15, 0.2) is 77.8 Å². The van der Waals surface area contributed by atoms with Crippen molar-refractivity contribution in [2.24, 2.45) is 5.41 Å². The Hall–Kier alpha value is -5.37. The van der Waals surface area contributed by atoms with Crippen molar-refractivity contribution in [3.05, 3.63) is 94.6 Å². The lowest BCUT2D eigenvalue weighted by Gasteiger charge is -2.42. The maximum Gasteiger partial charge on any atom is 0.246 e. The maximum absolute atomic E-state index is 14.6. The van der Waals surface area contributed by atoms with Crippen LogP contribution in [0.1, 0.15) is 110 Å². The van der Waals surface area contributed by atoms with Crippen LogP contribution in [0.5, 0.6) is 5.75 Å². The number of nitrogens with zero attached hydrogens (tertiary/aromatic N) is 5. The van der Waals surface area contributed by atoms with Gasteiger partial charge in [0.15, 0.2) is 15.7 Å². The molecule has 7 rings (SSSR count). The molecule has 0 radical (unpaired) electrons. The molecule has 76 heavy (non-hydrogen) atoms. The summed E-state index contributed by atoms with van der Waals surface area (Å²) in [5.74, 6) is 0.529. The van der Waals surface area contributed by atoms with Crippen molar-refractivity contribution in [2.75, 3.05) is 64.1 Å². The first kappa shape index (κ1) is 58.3. The van der Waals surface area contributed by atoms with E-state index in [9.17, 15) is 22.8 Å². The van der Waals surface area contributed by atoms with Crippen LogP contribution in [0.4, 0.5) is 23.1 Å². The van der Waals surface area contributed by atoms with E-state index in [-0.39, 0.29) is 57.5 Å². The fourth-order valence-electron chi connectivity index (χ4n) is 10.7. The van der Waals surface area contributed by atoms with E-state index in [0.717, 1.165) is 76.0 Å². The highest BCUT2D eigenvalue weighted by atomic mass is 35.5. The lowest BCUT2D eigenvalue weighted by molar-refractivity contribution is -0.144. The van der Waals surface area contributed by atoms with Crippen LogP contribution in [0.2, 0.25) is 5.02 Å². The van der Waals surface area contributed by atoms with Crippen LogP contribution in [0.3, 0.4) is 0 Å². The van der Waals surface area contributed by atoms with Gasteiger partial charge in [0.2, 0.25) is 23.7 Å². The molecule has 2 aliphatic heterocycles. The van der Waals surface area contributed by atoms with Gasteiger partial charge in [0.1, 0.15) is 22.9 Å². The zero-order valence-electron chi connectivity index (χ0n) is 46.2. The Bertz CT molecular complexity index is 2730. The summed E-state index contributed by atoms with van der Waals surface area (Å²) in [6.07, 6.45) is 7.76. The van der Waals surface area contributed by atoms with Gasteiger partial charge >= 0.3 is 0 Å². The Labute approximate surface area is 456 Å².